The normalized spacial score (nSPS) is 26.3. The molecule has 2 aliphatic rings. The number of nitrogens with zero attached hydrogens (tertiary/aromatic N) is 1. The van der Waals surface area contributed by atoms with E-state index < -0.39 is 0 Å². The SMILES string of the molecule is CCO[C@H]1CC[C@H]2[C@H]1OCCN2C(=O)Cc1ccc(F)cc1OC. The van der Waals surface area contributed by atoms with Gasteiger partial charge in [-0.3, -0.25) is 4.79 Å². The number of morpholine rings is 1. The number of amides is 1. The molecule has 1 saturated carbocycles. The summed E-state index contributed by atoms with van der Waals surface area (Å²) in [5, 5.41) is 0. The quantitative estimate of drug-likeness (QED) is 0.826. The van der Waals surface area contributed by atoms with Gasteiger partial charge >= 0.3 is 0 Å². The lowest BCUT2D eigenvalue weighted by atomic mass is 10.1. The molecule has 0 bridgehead atoms. The number of carbonyl (C=O) groups excluding carboxylic acids is 1. The Kier molecular flexibility index (Phi) is 5.36. The third kappa shape index (κ3) is 3.39. The van der Waals surface area contributed by atoms with Crippen molar-refractivity contribution >= 4 is 5.91 Å². The fraction of sp³-hybridized carbons (Fsp3) is 0.611. The minimum absolute atomic E-state index is 0.0235. The van der Waals surface area contributed by atoms with Gasteiger partial charge in [0, 0.05) is 24.8 Å². The van der Waals surface area contributed by atoms with Crippen molar-refractivity contribution in [1.82, 2.24) is 4.90 Å². The van der Waals surface area contributed by atoms with Gasteiger partial charge in [-0.15, -0.1) is 0 Å². The number of methoxy groups -OCH3 is 1. The van der Waals surface area contributed by atoms with E-state index in [0.717, 1.165) is 12.8 Å². The molecule has 5 nitrogen and oxygen atoms in total. The molecule has 132 valence electrons. The monoisotopic (exact) mass is 337 g/mol. The van der Waals surface area contributed by atoms with Gasteiger partial charge in [-0.2, -0.15) is 0 Å². The lowest BCUT2D eigenvalue weighted by Gasteiger charge is -2.39. The Hall–Kier alpha value is -1.66. The van der Waals surface area contributed by atoms with Crippen LogP contribution < -0.4 is 4.74 Å². The van der Waals surface area contributed by atoms with Crippen molar-refractivity contribution in [2.75, 3.05) is 26.9 Å². The van der Waals surface area contributed by atoms with E-state index in [1.165, 1.54) is 19.2 Å². The van der Waals surface area contributed by atoms with Gasteiger partial charge in [0.05, 0.1) is 32.3 Å². The second-order valence-electron chi connectivity index (χ2n) is 6.19. The van der Waals surface area contributed by atoms with Crippen LogP contribution in [0.3, 0.4) is 0 Å². The van der Waals surface area contributed by atoms with Crippen LogP contribution in [-0.4, -0.2) is 55.9 Å². The van der Waals surface area contributed by atoms with E-state index in [1.807, 2.05) is 11.8 Å². The lowest BCUT2D eigenvalue weighted by molar-refractivity contribution is -0.150. The molecule has 1 aromatic rings. The van der Waals surface area contributed by atoms with Crippen LogP contribution in [0, 0.1) is 5.82 Å². The second kappa shape index (κ2) is 7.49. The first-order valence-corrected chi connectivity index (χ1v) is 8.49. The molecule has 6 heteroatoms. The van der Waals surface area contributed by atoms with E-state index in [2.05, 4.69) is 0 Å². The highest BCUT2D eigenvalue weighted by atomic mass is 19.1. The van der Waals surface area contributed by atoms with E-state index in [1.54, 1.807) is 6.07 Å². The first-order chi connectivity index (χ1) is 11.6. The number of rotatable bonds is 5. The summed E-state index contributed by atoms with van der Waals surface area (Å²) in [6.45, 7) is 3.73. The minimum atomic E-state index is -0.371. The molecule has 24 heavy (non-hydrogen) atoms. The molecule has 0 N–H and O–H groups in total. The van der Waals surface area contributed by atoms with Gasteiger partial charge in [-0.25, -0.2) is 4.39 Å². The Morgan fingerprint density at radius 3 is 3.00 bits per heavy atom. The molecule has 1 amide bonds. The Balaban J connectivity index is 1.71. The van der Waals surface area contributed by atoms with Gasteiger partial charge in [0.25, 0.3) is 0 Å². The molecular weight excluding hydrogens is 313 g/mol. The summed E-state index contributed by atoms with van der Waals surface area (Å²) in [5.41, 5.74) is 0.700. The van der Waals surface area contributed by atoms with Gasteiger partial charge in [0.2, 0.25) is 5.91 Å². The lowest BCUT2D eigenvalue weighted by Crippen LogP contribution is -2.54. The van der Waals surface area contributed by atoms with Crippen molar-refractivity contribution in [2.24, 2.45) is 0 Å². The number of halogens is 1. The van der Waals surface area contributed by atoms with E-state index in [9.17, 15) is 9.18 Å². The van der Waals surface area contributed by atoms with Crippen molar-refractivity contribution in [3.05, 3.63) is 29.6 Å². The van der Waals surface area contributed by atoms with Crippen molar-refractivity contribution in [3.8, 4) is 5.75 Å². The maximum atomic E-state index is 13.3. The van der Waals surface area contributed by atoms with Crippen molar-refractivity contribution in [2.45, 2.75) is 44.4 Å². The third-order valence-corrected chi connectivity index (χ3v) is 4.83. The highest BCUT2D eigenvalue weighted by Gasteiger charge is 2.44. The summed E-state index contributed by atoms with van der Waals surface area (Å²) < 4.78 is 30.1. The molecule has 1 aliphatic heterocycles. The third-order valence-electron chi connectivity index (χ3n) is 4.83. The van der Waals surface area contributed by atoms with Crippen LogP contribution in [0.2, 0.25) is 0 Å². The second-order valence-corrected chi connectivity index (χ2v) is 6.19. The standard InChI is InChI=1S/C18H24FNO4/c1-3-23-15-7-6-14-18(15)24-9-8-20(14)17(21)10-12-4-5-13(19)11-16(12)22-2/h4-5,11,14-15,18H,3,6-10H2,1-2H3/t14-,15-,18+/m0/s1. The Labute approximate surface area is 141 Å². The maximum Gasteiger partial charge on any atom is 0.227 e. The van der Waals surface area contributed by atoms with Crippen LogP contribution in [0.4, 0.5) is 4.39 Å². The molecule has 3 rings (SSSR count). The molecular formula is C18H24FNO4. The van der Waals surface area contributed by atoms with Gasteiger partial charge in [0.15, 0.2) is 0 Å². The molecule has 3 atom stereocenters. The minimum Gasteiger partial charge on any atom is -0.496 e. The van der Waals surface area contributed by atoms with E-state index in [-0.39, 0.29) is 36.4 Å². The van der Waals surface area contributed by atoms with Crippen LogP contribution in [0.15, 0.2) is 18.2 Å². The average molecular weight is 337 g/mol. The number of fused-ring (bicyclic) bond motifs is 1. The van der Waals surface area contributed by atoms with Crippen molar-refractivity contribution < 1.29 is 23.4 Å². The van der Waals surface area contributed by atoms with Gasteiger partial charge in [-0.05, 0) is 25.8 Å². The number of ether oxygens (including phenoxy) is 3. The van der Waals surface area contributed by atoms with E-state index >= 15 is 0 Å². The van der Waals surface area contributed by atoms with Crippen LogP contribution in [0.1, 0.15) is 25.3 Å². The highest BCUT2D eigenvalue weighted by Crippen LogP contribution is 2.33. The van der Waals surface area contributed by atoms with E-state index in [0.29, 0.717) is 31.1 Å². The number of hydrogen-bond donors (Lipinski definition) is 0. The molecule has 1 aliphatic carbocycles. The van der Waals surface area contributed by atoms with Gasteiger partial charge in [-0.1, -0.05) is 6.07 Å². The summed E-state index contributed by atoms with van der Waals surface area (Å²) in [6, 6.07) is 4.34. The fourth-order valence-corrected chi connectivity index (χ4v) is 3.75. The van der Waals surface area contributed by atoms with Gasteiger partial charge in [0.1, 0.15) is 17.7 Å². The topological polar surface area (TPSA) is 48.0 Å². The molecule has 0 unspecified atom stereocenters. The number of hydrogen-bond acceptors (Lipinski definition) is 4. The Morgan fingerprint density at radius 1 is 1.42 bits per heavy atom. The van der Waals surface area contributed by atoms with Crippen molar-refractivity contribution in [1.29, 1.82) is 0 Å². The molecule has 1 saturated heterocycles. The van der Waals surface area contributed by atoms with E-state index in [4.69, 9.17) is 14.2 Å². The fourth-order valence-electron chi connectivity index (χ4n) is 3.75. The first-order valence-electron chi connectivity index (χ1n) is 8.49. The number of benzene rings is 1. The van der Waals surface area contributed by atoms with Crippen molar-refractivity contribution in [3.63, 3.8) is 0 Å². The summed E-state index contributed by atoms with van der Waals surface area (Å²) in [5.74, 6) is 0.0620. The first kappa shape index (κ1) is 17.2. The maximum absolute atomic E-state index is 13.3. The zero-order chi connectivity index (χ0) is 17.1. The van der Waals surface area contributed by atoms with Crippen LogP contribution in [0.25, 0.3) is 0 Å². The van der Waals surface area contributed by atoms with Crippen LogP contribution in [-0.2, 0) is 20.7 Å². The van der Waals surface area contributed by atoms with Gasteiger partial charge < -0.3 is 19.1 Å². The summed E-state index contributed by atoms with van der Waals surface area (Å²) in [6.07, 6.45) is 2.02. The molecule has 0 aromatic heterocycles. The average Bonchev–Trinajstić information content (AvgIpc) is 3.00. The summed E-state index contributed by atoms with van der Waals surface area (Å²) in [7, 11) is 1.48. The summed E-state index contributed by atoms with van der Waals surface area (Å²) in [4.78, 5) is 14.7. The Morgan fingerprint density at radius 2 is 2.25 bits per heavy atom. The molecule has 2 fully saturated rings. The van der Waals surface area contributed by atoms with Crippen LogP contribution >= 0.6 is 0 Å². The van der Waals surface area contributed by atoms with Crippen LogP contribution in [0.5, 0.6) is 5.75 Å². The predicted molar refractivity (Wildman–Crippen MR) is 86.5 cm³/mol. The highest BCUT2D eigenvalue weighted by molar-refractivity contribution is 5.80. The smallest absolute Gasteiger partial charge is 0.227 e. The molecule has 0 radical (unpaired) electrons. The molecule has 1 aromatic carbocycles. The molecule has 1 heterocycles. The largest absolute Gasteiger partial charge is 0.496 e. The summed E-state index contributed by atoms with van der Waals surface area (Å²) >= 11 is 0. The Bertz CT molecular complexity index is 594. The molecule has 0 spiro atoms. The zero-order valence-corrected chi connectivity index (χ0v) is 14.2. The zero-order valence-electron chi connectivity index (χ0n) is 14.2. The predicted octanol–water partition coefficient (Wildman–Crippen LogP) is 2.17. The number of carbonyl (C=O) groups is 1.